The van der Waals surface area contributed by atoms with Crippen LogP contribution in [0.2, 0.25) is 0 Å². The molecule has 2 unspecified atom stereocenters. The van der Waals surface area contributed by atoms with Crippen LogP contribution in [-0.4, -0.2) is 60.2 Å². The minimum atomic E-state index is -4.16. The van der Waals surface area contributed by atoms with E-state index < -0.39 is 32.4 Å². The summed E-state index contributed by atoms with van der Waals surface area (Å²) in [4.78, 5) is 22.2. The van der Waals surface area contributed by atoms with Crippen LogP contribution in [0.25, 0.3) is 11.2 Å². The SMILES string of the molecule is CCSc1ncnc2c1ncn2[C@@H]1O[C@@H]2COP(=O)(O)O[C@@H]2C1O. The van der Waals surface area contributed by atoms with Crippen molar-refractivity contribution in [2.75, 3.05) is 12.4 Å². The van der Waals surface area contributed by atoms with Crippen molar-refractivity contribution in [3.63, 3.8) is 0 Å². The maximum Gasteiger partial charge on any atom is 0.472 e. The lowest BCUT2D eigenvalue weighted by molar-refractivity contribution is -0.0664. The van der Waals surface area contributed by atoms with Crippen molar-refractivity contribution in [2.24, 2.45) is 0 Å². The van der Waals surface area contributed by atoms with Crippen LogP contribution >= 0.6 is 19.6 Å². The monoisotopic (exact) mass is 374 g/mol. The number of phosphoric acid groups is 1. The second-order valence-corrected chi connectivity index (χ2v) is 7.98. The standard InChI is InChI=1S/C12H15N4O6PS/c1-2-24-11-7-10(13-4-14-11)16(5-15-7)12-8(17)9-6(21-12)3-20-23(18,19)22-9/h4-6,8-9,12,17H,2-3H2,1H3,(H,18,19)/t6-,8?,9+,12-/m1/s1. The van der Waals surface area contributed by atoms with E-state index in [0.717, 1.165) is 10.8 Å². The van der Waals surface area contributed by atoms with Gasteiger partial charge in [0.15, 0.2) is 11.9 Å². The Morgan fingerprint density at radius 3 is 3.08 bits per heavy atom. The molecule has 2 fully saturated rings. The highest BCUT2D eigenvalue weighted by molar-refractivity contribution is 7.99. The third-order valence-electron chi connectivity index (χ3n) is 3.85. The van der Waals surface area contributed by atoms with E-state index >= 15 is 0 Å². The average Bonchev–Trinajstić information content (AvgIpc) is 3.10. The molecular weight excluding hydrogens is 359 g/mol. The highest BCUT2D eigenvalue weighted by Gasteiger charge is 2.52. The first-order valence-electron chi connectivity index (χ1n) is 7.30. The number of thioether (sulfide) groups is 1. The summed E-state index contributed by atoms with van der Waals surface area (Å²) < 4.78 is 28.6. The Morgan fingerprint density at radius 2 is 2.29 bits per heavy atom. The number of nitrogens with zero attached hydrogens (tertiary/aromatic N) is 4. The van der Waals surface area contributed by atoms with Crippen LogP contribution in [0.5, 0.6) is 0 Å². The van der Waals surface area contributed by atoms with Crippen molar-refractivity contribution >= 4 is 30.7 Å². The number of aliphatic hydroxyl groups excluding tert-OH is 1. The van der Waals surface area contributed by atoms with Gasteiger partial charge in [-0.15, -0.1) is 11.8 Å². The van der Waals surface area contributed by atoms with Crippen molar-refractivity contribution in [1.82, 2.24) is 19.5 Å². The minimum Gasteiger partial charge on any atom is -0.386 e. The number of imidazole rings is 1. The molecule has 0 aromatic carbocycles. The van der Waals surface area contributed by atoms with Crippen molar-refractivity contribution in [3.8, 4) is 0 Å². The molecule has 0 saturated carbocycles. The number of aliphatic hydroxyl groups is 1. The summed E-state index contributed by atoms with van der Waals surface area (Å²) in [6.07, 6.45) is -0.681. The van der Waals surface area contributed by atoms with Crippen LogP contribution in [0.3, 0.4) is 0 Å². The summed E-state index contributed by atoms with van der Waals surface area (Å²) in [5.41, 5.74) is 1.12. The summed E-state index contributed by atoms with van der Waals surface area (Å²) in [7, 11) is -4.16. The Morgan fingerprint density at radius 1 is 1.46 bits per heavy atom. The van der Waals surface area contributed by atoms with Crippen molar-refractivity contribution < 1.29 is 28.3 Å². The lowest BCUT2D eigenvalue weighted by Crippen LogP contribution is -2.39. The fourth-order valence-electron chi connectivity index (χ4n) is 2.82. The molecule has 5 atom stereocenters. The van der Waals surface area contributed by atoms with Crippen molar-refractivity contribution in [1.29, 1.82) is 0 Å². The molecule has 12 heteroatoms. The van der Waals surface area contributed by atoms with Gasteiger partial charge in [-0.3, -0.25) is 13.6 Å². The Hall–Kier alpha value is -1.07. The summed E-state index contributed by atoms with van der Waals surface area (Å²) >= 11 is 1.54. The van der Waals surface area contributed by atoms with Crippen LogP contribution in [0.15, 0.2) is 17.7 Å². The van der Waals surface area contributed by atoms with E-state index in [1.54, 1.807) is 4.57 Å². The predicted molar refractivity (Wildman–Crippen MR) is 82.3 cm³/mol. The molecule has 2 saturated heterocycles. The van der Waals surface area contributed by atoms with Crippen LogP contribution < -0.4 is 0 Å². The molecule has 2 aromatic rings. The van der Waals surface area contributed by atoms with Crippen LogP contribution in [0, 0.1) is 0 Å². The van der Waals surface area contributed by atoms with Gasteiger partial charge in [-0.2, -0.15) is 0 Å². The average molecular weight is 374 g/mol. The van der Waals surface area contributed by atoms with Crippen molar-refractivity contribution in [2.45, 2.75) is 36.5 Å². The van der Waals surface area contributed by atoms with Crippen LogP contribution in [-0.2, 0) is 18.3 Å². The van der Waals surface area contributed by atoms with Crippen LogP contribution in [0.4, 0.5) is 0 Å². The first-order chi connectivity index (χ1) is 11.5. The molecule has 0 bridgehead atoms. The van der Waals surface area contributed by atoms with E-state index in [9.17, 15) is 14.6 Å². The molecule has 0 amide bonds. The zero-order chi connectivity index (χ0) is 16.9. The normalized spacial score (nSPS) is 36.1. The van der Waals surface area contributed by atoms with E-state index in [1.807, 2.05) is 6.92 Å². The van der Waals surface area contributed by atoms with E-state index in [2.05, 4.69) is 15.0 Å². The zero-order valence-electron chi connectivity index (χ0n) is 12.6. The largest absolute Gasteiger partial charge is 0.472 e. The van der Waals surface area contributed by atoms with E-state index in [0.29, 0.717) is 11.2 Å². The molecular formula is C12H15N4O6PS. The maximum atomic E-state index is 11.5. The Labute approximate surface area is 140 Å². The summed E-state index contributed by atoms with van der Waals surface area (Å²) in [6, 6.07) is 0. The third kappa shape index (κ3) is 2.66. The first-order valence-corrected chi connectivity index (χ1v) is 9.78. The first kappa shape index (κ1) is 16.4. The fraction of sp³-hybridized carbons (Fsp3) is 0.583. The maximum absolute atomic E-state index is 11.5. The van der Waals surface area contributed by atoms with Gasteiger partial charge in [0.25, 0.3) is 0 Å². The lowest BCUT2D eigenvalue weighted by atomic mass is 10.1. The third-order valence-corrected chi connectivity index (χ3v) is 5.69. The molecule has 2 aliphatic heterocycles. The second-order valence-electron chi connectivity index (χ2n) is 5.33. The predicted octanol–water partition coefficient (Wildman–Crippen LogP) is 0.712. The summed E-state index contributed by atoms with van der Waals surface area (Å²) in [5.74, 6) is 0.836. The Balaban J connectivity index is 1.69. The van der Waals surface area contributed by atoms with Gasteiger partial charge in [0.1, 0.15) is 35.2 Å². The van der Waals surface area contributed by atoms with Gasteiger partial charge >= 0.3 is 7.82 Å². The van der Waals surface area contributed by atoms with Gasteiger partial charge in [-0.1, -0.05) is 6.92 Å². The zero-order valence-corrected chi connectivity index (χ0v) is 14.3. The molecule has 0 aliphatic carbocycles. The molecule has 0 radical (unpaired) electrons. The fourth-order valence-corrected chi connectivity index (χ4v) is 4.46. The summed E-state index contributed by atoms with van der Waals surface area (Å²) in [5, 5.41) is 11.2. The highest BCUT2D eigenvalue weighted by Crippen LogP contribution is 2.52. The molecule has 2 aliphatic rings. The highest BCUT2D eigenvalue weighted by atomic mass is 32.2. The topological polar surface area (TPSA) is 129 Å². The number of aromatic nitrogens is 4. The number of ether oxygens (including phenoxy) is 1. The minimum absolute atomic E-state index is 0.134. The number of fused-ring (bicyclic) bond motifs is 2. The van der Waals surface area contributed by atoms with E-state index in [1.165, 1.54) is 24.4 Å². The number of rotatable bonds is 3. The van der Waals surface area contributed by atoms with Gasteiger partial charge in [0.2, 0.25) is 0 Å². The molecule has 4 rings (SSSR count). The summed E-state index contributed by atoms with van der Waals surface area (Å²) in [6.45, 7) is 1.87. The van der Waals surface area contributed by atoms with Gasteiger partial charge in [0.05, 0.1) is 12.9 Å². The molecule has 2 N–H and O–H groups in total. The number of hydrogen-bond acceptors (Lipinski definition) is 9. The van der Waals surface area contributed by atoms with Gasteiger partial charge in [-0.25, -0.2) is 19.5 Å². The van der Waals surface area contributed by atoms with Crippen LogP contribution in [0.1, 0.15) is 13.2 Å². The second kappa shape index (κ2) is 6.03. The molecule has 2 aromatic heterocycles. The molecule has 130 valence electrons. The van der Waals surface area contributed by atoms with E-state index in [4.69, 9.17) is 13.8 Å². The molecule has 0 spiro atoms. The smallest absolute Gasteiger partial charge is 0.386 e. The Bertz CT molecular complexity index is 818. The van der Waals surface area contributed by atoms with Gasteiger partial charge in [0, 0.05) is 0 Å². The van der Waals surface area contributed by atoms with E-state index in [-0.39, 0.29) is 6.61 Å². The Kier molecular flexibility index (Phi) is 4.12. The number of phosphoric ester groups is 1. The molecule has 10 nitrogen and oxygen atoms in total. The van der Waals surface area contributed by atoms with Crippen molar-refractivity contribution in [3.05, 3.63) is 12.7 Å². The lowest BCUT2D eigenvalue weighted by Gasteiger charge is -2.27. The van der Waals surface area contributed by atoms with Gasteiger partial charge < -0.3 is 14.7 Å². The molecule has 24 heavy (non-hydrogen) atoms. The van der Waals surface area contributed by atoms with Gasteiger partial charge in [-0.05, 0) is 5.75 Å². The quantitative estimate of drug-likeness (QED) is 0.450. The number of hydrogen-bond donors (Lipinski definition) is 2. The molecule has 4 heterocycles.